The Balaban J connectivity index is 0. The van der Waals surface area contributed by atoms with Gasteiger partial charge >= 0.3 is 12.2 Å². The summed E-state index contributed by atoms with van der Waals surface area (Å²) in [6.07, 6.45) is 6.58. The van der Waals surface area contributed by atoms with E-state index in [1.807, 2.05) is 12.1 Å². The number of amides is 2. The first-order valence-corrected chi connectivity index (χ1v) is 10.1. The maximum Gasteiger partial charge on any atom is 0.407 e. The number of carbonyl (C=O) groups excluding carboxylic acids is 2. The van der Waals surface area contributed by atoms with Crippen molar-refractivity contribution in [2.45, 2.75) is 46.1 Å². The van der Waals surface area contributed by atoms with Crippen LogP contribution < -0.4 is 10.6 Å². The van der Waals surface area contributed by atoms with Crippen LogP contribution in [0, 0.1) is 0 Å². The zero-order chi connectivity index (χ0) is 20.5. The first-order chi connectivity index (χ1) is 13.7. The van der Waals surface area contributed by atoms with Crippen molar-refractivity contribution in [3.8, 4) is 0 Å². The van der Waals surface area contributed by atoms with E-state index >= 15 is 0 Å². The maximum absolute atomic E-state index is 11.6. The number of rotatable bonds is 14. The van der Waals surface area contributed by atoms with Crippen molar-refractivity contribution in [2.24, 2.45) is 0 Å². The molecule has 0 aliphatic heterocycles. The molecular formula is C20H36Cl2N4O4. The number of carbonyl (C=O) groups is 2. The van der Waals surface area contributed by atoms with Crippen molar-refractivity contribution >= 4 is 37.0 Å². The molecule has 8 nitrogen and oxygen atoms in total. The molecule has 2 N–H and O–H groups in total. The van der Waals surface area contributed by atoms with Crippen molar-refractivity contribution < 1.29 is 19.1 Å². The molecule has 2 amide bonds. The van der Waals surface area contributed by atoms with Gasteiger partial charge in [-0.3, -0.25) is 9.88 Å². The number of hydrogen-bond acceptors (Lipinski definition) is 6. The smallest absolute Gasteiger partial charge is 0.407 e. The fourth-order valence-corrected chi connectivity index (χ4v) is 2.39. The third-order valence-electron chi connectivity index (χ3n) is 4.04. The molecular weight excluding hydrogens is 431 g/mol. The Bertz CT molecular complexity index is 525. The second kappa shape index (κ2) is 20.5. The Morgan fingerprint density at radius 2 is 1.37 bits per heavy atom. The van der Waals surface area contributed by atoms with Gasteiger partial charge in [0, 0.05) is 45.1 Å². The number of aromatic nitrogens is 1. The fourth-order valence-electron chi connectivity index (χ4n) is 2.39. The molecule has 0 spiro atoms. The predicted octanol–water partition coefficient (Wildman–Crippen LogP) is 3.78. The highest BCUT2D eigenvalue weighted by atomic mass is 35.5. The summed E-state index contributed by atoms with van der Waals surface area (Å²) in [5, 5.41) is 5.45. The summed E-state index contributed by atoms with van der Waals surface area (Å²) in [7, 11) is 0. The molecule has 0 aliphatic rings. The zero-order valence-corrected chi connectivity index (χ0v) is 19.6. The van der Waals surface area contributed by atoms with Crippen LogP contribution in [0.2, 0.25) is 0 Å². The molecule has 10 heteroatoms. The fraction of sp³-hybridized carbons (Fsp3) is 0.650. The summed E-state index contributed by atoms with van der Waals surface area (Å²) in [4.78, 5) is 29.4. The molecule has 0 atom stereocenters. The van der Waals surface area contributed by atoms with Crippen LogP contribution in [0.4, 0.5) is 9.59 Å². The summed E-state index contributed by atoms with van der Waals surface area (Å²) >= 11 is 0. The first-order valence-electron chi connectivity index (χ1n) is 10.1. The van der Waals surface area contributed by atoms with E-state index < -0.39 is 12.2 Å². The molecule has 0 bridgehead atoms. The predicted molar refractivity (Wildman–Crippen MR) is 123 cm³/mol. The van der Waals surface area contributed by atoms with Gasteiger partial charge in [0.05, 0.1) is 0 Å². The molecule has 0 saturated heterocycles. The van der Waals surface area contributed by atoms with Crippen LogP contribution in [-0.4, -0.2) is 61.5 Å². The highest BCUT2D eigenvalue weighted by molar-refractivity contribution is 5.85. The standard InChI is InChI=1S/C20H34N4O4.2ClH/c1-3-5-9-22-19(25)27-15-13-24(17-18-7-11-21-12-8-18)14-16-28-20(26)23-10-6-4-2;;/h7-8,11-12H,3-6,9-10,13-17H2,1-2H3,(H,22,25)(H,23,26);2*1H. The summed E-state index contributed by atoms with van der Waals surface area (Å²) in [6.45, 7) is 7.66. The van der Waals surface area contributed by atoms with E-state index in [0.29, 0.717) is 32.7 Å². The number of ether oxygens (including phenoxy) is 2. The van der Waals surface area contributed by atoms with Crippen LogP contribution in [0.5, 0.6) is 0 Å². The van der Waals surface area contributed by atoms with Gasteiger partial charge in [0.25, 0.3) is 0 Å². The molecule has 1 aromatic heterocycles. The summed E-state index contributed by atoms with van der Waals surface area (Å²) in [5.41, 5.74) is 1.09. The molecule has 0 radical (unpaired) electrons. The monoisotopic (exact) mass is 466 g/mol. The van der Waals surface area contributed by atoms with Gasteiger partial charge in [0.2, 0.25) is 0 Å². The van der Waals surface area contributed by atoms with Gasteiger partial charge in [-0.1, -0.05) is 26.7 Å². The van der Waals surface area contributed by atoms with E-state index in [1.165, 1.54) is 0 Å². The molecule has 30 heavy (non-hydrogen) atoms. The molecule has 1 rings (SSSR count). The van der Waals surface area contributed by atoms with Gasteiger partial charge in [0.15, 0.2) is 0 Å². The van der Waals surface area contributed by atoms with E-state index in [-0.39, 0.29) is 38.0 Å². The number of hydrogen-bond donors (Lipinski definition) is 2. The van der Waals surface area contributed by atoms with E-state index in [0.717, 1.165) is 31.2 Å². The number of nitrogens with one attached hydrogen (secondary N) is 2. The third-order valence-corrected chi connectivity index (χ3v) is 4.04. The Labute approximate surface area is 192 Å². The van der Waals surface area contributed by atoms with Crippen molar-refractivity contribution in [1.29, 1.82) is 0 Å². The topological polar surface area (TPSA) is 92.8 Å². The number of nitrogens with zero attached hydrogens (tertiary/aromatic N) is 2. The number of halogens is 2. The summed E-state index contributed by atoms with van der Waals surface area (Å²) < 4.78 is 10.5. The van der Waals surface area contributed by atoms with Gasteiger partial charge in [-0.15, -0.1) is 24.8 Å². The normalized spacial score (nSPS) is 9.83. The van der Waals surface area contributed by atoms with Crippen LogP contribution in [0.25, 0.3) is 0 Å². The quantitative estimate of drug-likeness (QED) is 0.405. The van der Waals surface area contributed by atoms with Gasteiger partial charge < -0.3 is 20.1 Å². The largest absolute Gasteiger partial charge is 0.448 e. The van der Waals surface area contributed by atoms with E-state index in [9.17, 15) is 9.59 Å². The second-order valence-electron chi connectivity index (χ2n) is 6.46. The first kappa shape index (κ1) is 30.4. The van der Waals surface area contributed by atoms with E-state index in [4.69, 9.17) is 9.47 Å². The van der Waals surface area contributed by atoms with Crippen LogP contribution in [0.15, 0.2) is 24.5 Å². The number of alkyl carbamates (subject to hydrolysis) is 2. The van der Waals surface area contributed by atoms with Crippen molar-refractivity contribution in [1.82, 2.24) is 20.5 Å². The molecule has 0 aromatic carbocycles. The van der Waals surface area contributed by atoms with Gasteiger partial charge in [0.1, 0.15) is 13.2 Å². The third kappa shape index (κ3) is 16.1. The van der Waals surface area contributed by atoms with Crippen LogP contribution in [-0.2, 0) is 16.0 Å². The SMILES string of the molecule is CCCCNC(=O)OCCN(CCOC(=O)NCCCC)Cc1ccncc1.Cl.Cl. The average Bonchev–Trinajstić information content (AvgIpc) is 2.69. The molecule has 1 heterocycles. The second-order valence-corrected chi connectivity index (χ2v) is 6.46. The van der Waals surface area contributed by atoms with Crippen LogP contribution >= 0.6 is 24.8 Å². The summed E-state index contributed by atoms with van der Waals surface area (Å²) in [6, 6.07) is 3.87. The van der Waals surface area contributed by atoms with Crippen LogP contribution in [0.3, 0.4) is 0 Å². The Hall–Kier alpha value is -1.77. The summed E-state index contributed by atoms with van der Waals surface area (Å²) in [5.74, 6) is 0. The average molecular weight is 467 g/mol. The van der Waals surface area contributed by atoms with Gasteiger partial charge in [-0.25, -0.2) is 9.59 Å². The van der Waals surface area contributed by atoms with E-state index in [2.05, 4.69) is 34.4 Å². The number of unbranched alkanes of at least 4 members (excludes halogenated alkanes) is 2. The van der Waals surface area contributed by atoms with E-state index in [1.54, 1.807) is 12.4 Å². The van der Waals surface area contributed by atoms with Crippen molar-refractivity contribution in [2.75, 3.05) is 39.4 Å². The molecule has 174 valence electrons. The lowest BCUT2D eigenvalue weighted by atomic mass is 10.2. The molecule has 0 unspecified atom stereocenters. The van der Waals surface area contributed by atoms with Crippen molar-refractivity contribution in [3.63, 3.8) is 0 Å². The lowest BCUT2D eigenvalue weighted by Gasteiger charge is -2.22. The molecule has 0 saturated carbocycles. The van der Waals surface area contributed by atoms with Gasteiger partial charge in [-0.05, 0) is 30.5 Å². The lowest BCUT2D eigenvalue weighted by Crippen LogP contribution is -2.34. The number of pyridine rings is 1. The molecule has 0 aliphatic carbocycles. The highest BCUT2D eigenvalue weighted by Gasteiger charge is 2.10. The minimum Gasteiger partial charge on any atom is -0.448 e. The Morgan fingerprint density at radius 3 is 1.80 bits per heavy atom. The zero-order valence-electron chi connectivity index (χ0n) is 17.9. The Morgan fingerprint density at radius 1 is 0.900 bits per heavy atom. The Kier molecular flexibility index (Phi) is 20.8. The van der Waals surface area contributed by atoms with Gasteiger partial charge in [-0.2, -0.15) is 0 Å². The molecule has 1 aromatic rings. The lowest BCUT2D eigenvalue weighted by molar-refractivity contribution is 0.104. The highest BCUT2D eigenvalue weighted by Crippen LogP contribution is 2.03. The maximum atomic E-state index is 11.6. The minimum atomic E-state index is -0.399. The minimum absolute atomic E-state index is 0. The molecule has 0 fully saturated rings. The van der Waals surface area contributed by atoms with Crippen molar-refractivity contribution in [3.05, 3.63) is 30.1 Å². The van der Waals surface area contributed by atoms with Crippen LogP contribution in [0.1, 0.15) is 45.1 Å².